The van der Waals surface area contributed by atoms with Crippen LogP contribution in [0.4, 0.5) is 0 Å². The van der Waals surface area contributed by atoms with Crippen molar-refractivity contribution in [3.05, 3.63) is 88.1 Å². The minimum Gasteiger partial charge on any atom is -0.207 e. The molecule has 0 amide bonds. The second-order valence-corrected chi connectivity index (χ2v) is 8.85. The van der Waals surface area contributed by atoms with Crippen molar-refractivity contribution in [1.29, 1.82) is 0 Å². The summed E-state index contributed by atoms with van der Waals surface area (Å²) in [6.45, 7) is 1.94. The van der Waals surface area contributed by atoms with Crippen LogP contribution >= 0.6 is 11.3 Å². The van der Waals surface area contributed by atoms with Gasteiger partial charge in [0, 0.05) is 10.9 Å². The van der Waals surface area contributed by atoms with Crippen molar-refractivity contribution in [2.45, 2.75) is 30.7 Å². The van der Waals surface area contributed by atoms with Gasteiger partial charge in [0.05, 0.1) is 4.90 Å². The zero-order valence-corrected chi connectivity index (χ0v) is 15.7. The summed E-state index contributed by atoms with van der Waals surface area (Å²) in [6.07, 6.45) is 1.33. The monoisotopic (exact) mass is 371 g/mol. The lowest BCUT2D eigenvalue weighted by Crippen LogP contribution is -2.37. The third-order valence-electron chi connectivity index (χ3n) is 4.01. The molecular weight excluding hydrogens is 350 g/mol. The Hall–Kier alpha value is -1.95. The zero-order chi connectivity index (χ0) is 17.7. The quantitative estimate of drug-likeness (QED) is 0.677. The summed E-state index contributed by atoms with van der Waals surface area (Å²) in [5.74, 6) is 0. The smallest absolute Gasteiger partial charge is 0.207 e. The number of sulfonamides is 1. The van der Waals surface area contributed by atoms with E-state index in [2.05, 4.69) is 4.72 Å². The third-order valence-corrected chi connectivity index (χ3v) is 6.44. The van der Waals surface area contributed by atoms with Crippen LogP contribution in [0.2, 0.25) is 0 Å². The van der Waals surface area contributed by atoms with E-state index in [0.717, 1.165) is 11.1 Å². The normalized spacial score (nSPS) is 12.8. The highest BCUT2D eigenvalue weighted by Crippen LogP contribution is 2.17. The van der Waals surface area contributed by atoms with Crippen LogP contribution in [0.15, 0.2) is 77.0 Å². The van der Waals surface area contributed by atoms with Crippen LogP contribution in [0.3, 0.4) is 0 Å². The van der Waals surface area contributed by atoms with Crippen molar-refractivity contribution in [1.82, 2.24) is 4.72 Å². The van der Waals surface area contributed by atoms with Gasteiger partial charge in [-0.1, -0.05) is 54.1 Å². The Kier molecular flexibility index (Phi) is 5.68. The topological polar surface area (TPSA) is 46.2 Å². The summed E-state index contributed by atoms with van der Waals surface area (Å²) in [5, 5.41) is 2.02. The number of nitrogens with one attached hydrogen (secondary N) is 1. The molecule has 1 heterocycles. The van der Waals surface area contributed by atoms with Gasteiger partial charge in [0.1, 0.15) is 0 Å². The average Bonchev–Trinajstić information content (AvgIpc) is 3.09. The summed E-state index contributed by atoms with van der Waals surface area (Å²) < 4.78 is 28.4. The van der Waals surface area contributed by atoms with Crippen LogP contribution in [0.25, 0.3) is 0 Å². The molecule has 1 aromatic heterocycles. The number of hydrogen-bond acceptors (Lipinski definition) is 3. The maximum absolute atomic E-state index is 12.8. The highest BCUT2D eigenvalue weighted by Gasteiger charge is 2.21. The first-order valence-electron chi connectivity index (χ1n) is 8.18. The van der Waals surface area contributed by atoms with E-state index in [9.17, 15) is 8.42 Å². The van der Waals surface area contributed by atoms with Crippen LogP contribution in [0, 0.1) is 6.92 Å². The van der Waals surface area contributed by atoms with Crippen molar-refractivity contribution in [2.24, 2.45) is 0 Å². The van der Waals surface area contributed by atoms with E-state index in [1.807, 2.05) is 66.9 Å². The van der Waals surface area contributed by atoms with Gasteiger partial charge in [0.15, 0.2) is 0 Å². The van der Waals surface area contributed by atoms with Gasteiger partial charge in [0.2, 0.25) is 10.0 Å². The van der Waals surface area contributed by atoms with Gasteiger partial charge in [-0.3, -0.25) is 0 Å². The van der Waals surface area contributed by atoms with E-state index in [1.165, 1.54) is 4.88 Å². The van der Waals surface area contributed by atoms with E-state index in [4.69, 9.17) is 0 Å². The molecule has 0 saturated heterocycles. The Bertz CT molecular complexity index is 887. The Morgan fingerprint density at radius 2 is 1.64 bits per heavy atom. The van der Waals surface area contributed by atoms with Crippen molar-refractivity contribution in [3.8, 4) is 0 Å². The summed E-state index contributed by atoms with van der Waals surface area (Å²) >= 11 is 1.65. The second-order valence-electron chi connectivity index (χ2n) is 6.10. The summed E-state index contributed by atoms with van der Waals surface area (Å²) in [6, 6.07) is 20.8. The molecule has 25 heavy (non-hydrogen) atoms. The van der Waals surface area contributed by atoms with Gasteiger partial charge in [-0.2, -0.15) is 0 Å². The molecule has 0 spiro atoms. The fraction of sp³-hybridized carbons (Fsp3) is 0.200. The molecule has 0 aliphatic carbocycles. The molecule has 3 aromatic rings. The molecule has 1 N–H and O–H groups in total. The molecule has 0 bridgehead atoms. The molecule has 130 valence electrons. The van der Waals surface area contributed by atoms with Gasteiger partial charge < -0.3 is 0 Å². The van der Waals surface area contributed by atoms with Gasteiger partial charge in [-0.05, 0) is 48.9 Å². The molecule has 3 nitrogen and oxygen atoms in total. The first-order valence-corrected chi connectivity index (χ1v) is 10.5. The molecule has 0 aliphatic rings. The van der Waals surface area contributed by atoms with Crippen LogP contribution in [0.1, 0.15) is 16.0 Å². The molecule has 5 heteroatoms. The maximum Gasteiger partial charge on any atom is 0.240 e. The highest BCUT2D eigenvalue weighted by atomic mass is 32.2. The molecule has 1 atom stereocenters. The first kappa shape index (κ1) is 17.9. The molecule has 3 rings (SSSR count). The van der Waals surface area contributed by atoms with Gasteiger partial charge in [-0.25, -0.2) is 13.1 Å². The molecule has 0 aliphatic heterocycles. The first-order chi connectivity index (χ1) is 12.0. The van der Waals surface area contributed by atoms with E-state index < -0.39 is 10.0 Å². The molecular formula is C20H21NO2S2. The standard InChI is InChI=1S/C20H21NO2S2/c1-16-9-11-20(12-10-16)25(22,23)21-18(15-19-8-5-13-24-19)14-17-6-3-2-4-7-17/h2-13,18,21H,14-15H2,1H3. The minimum atomic E-state index is -3.54. The lowest BCUT2D eigenvalue weighted by Gasteiger charge is -2.18. The van der Waals surface area contributed by atoms with E-state index in [0.29, 0.717) is 17.7 Å². The lowest BCUT2D eigenvalue weighted by molar-refractivity contribution is 0.544. The van der Waals surface area contributed by atoms with Crippen molar-refractivity contribution in [2.75, 3.05) is 0 Å². The predicted molar refractivity (Wildman–Crippen MR) is 103 cm³/mol. The summed E-state index contributed by atoms with van der Waals surface area (Å²) in [5.41, 5.74) is 2.16. The lowest BCUT2D eigenvalue weighted by atomic mass is 10.0. The number of aryl methyl sites for hydroxylation is 1. The summed E-state index contributed by atoms with van der Waals surface area (Å²) in [7, 11) is -3.54. The molecule has 0 radical (unpaired) electrons. The molecule has 1 unspecified atom stereocenters. The third kappa shape index (κ3) is 5.01. The van der Waals surface area contributed by atoms with Crippen molar-refractivity contribution in [3.63, 3.8) is 0 Å². The van der Waals surface area contributed by atoms with Gasteiger partial charge in [0.25, 0.3) is 0 Å². The van der Waals surface area contributed by atoms with Crippen molar-refractivity contribution >= 4 is 21.4 Å². The number of hydrogen-bond donors (Lipinski definition) is 1. The fourth-order valence-corrected chi connectivity index (χ4v) is 4.75. The highest BCUT2D eigenvalue weighted by molar-refractivity contribution is 7.89. The van der Waals surface area contributed by atoms with Gasteiger partial charge in [-0.15, -0.1) is 11.3 Å². The largest absolute Gasteiger partial charge is 0.240 e. The second kappa shape index (κ2) is 7.95. The summed E-state index contributed by atoms with van der Waals surface area (Å²) in [4.78, 5) is 1.48. The fourth-order valence-electron chi connectivity index (χ4n) is 2.73. The minimum absolute atomic E-state index is 0.188. The van der Waals surface area contributed by atoms with Gasteiger partial charge >= 0.3 is 0 Å². The Balaban J connectivity index is 1.81. The van der Waals surface area contributed by atoms with Crippen LogP contribution in [-0.2, 0) is 22.9 Å². The van der Waals surface area contributed by atoms with E-state index in [-0.39, 0.29) is 6.04 Å². The molecule has 0 fully saturated rings. The number of thiophene rings is 1. The van der Waals surface area contributed by atoms with Crippen LogP contribution in [0.5, 0.6) is 0 Å². The zero-order valence-electron chi connectivity index (χ0n) is 14.1. The number of rotatable bonds is 7. The average molecular weight is 372 g/mol. The molecule has 2 aromatic carbocycles. The Morgan fingerprint density at radius 1 is 0.920 bits per heavy atom. The van der Waals surface area contributed by atoms with E-state index >= 15 is 0 Å². The van der Waals surface area contributed by atoms with Crippen LogP contribution < -0.4 is 4.72 Å². The SMILES string of the molecule is Cc1ccc(S(=O)(=O)NC(Cc2ccccc2)Cc2cccs2)cc1. The maximum atomic E-state index is 12.8. The Morgan fingerprint density at radius 3 is 2.28 bits per heavy atom. The van der Waals surface area contributed by atoms with Crippen molar-refractivity contribution < 1.29 is 8.42 Å². The molecule has 0 saturated carbocycles. The van der Waals surface area contributed by atoms with Crippen LogP contribution in [-0.4, -0.2) is 14.5 Å². The Labute approximate surface area is 153 Å². The van der Waals surface area contributed by atoms with E-state index in [1.54, 1.807) is 23.5 Å². The predicted octanol–water partition coefficient (Wildman–Crippen LogP) is 4.19. The number of benzene rings is 2.